The lowest BCUT2D eigenvalue weighted by Gasteiger charge is -2.35. The Morgan fingerprint density at radius 3 is 2.38 bits per heavy atom. The third-order valence-electron chi connectivity index (χ3n) is 6.69. The first kappa shape index (κ1) is 22.2. The molecule has 6 heteroatoms. The Kier molecular flexibility index (Phi) is 6.42. The molecule has 2 heterocycles. The molecule has 0 aliphatic carbocycles. The van der Waals surface area contributed by atoms with Gasteiger partial charge in [-0.2, -0.15) is 0 Å². The molecule has 1 fully saturated rings. The van der Waals surface area contributed by atoms with E-state index in [4.69, 9.17) is 15.2 Å². The average Bonchev–Trinajstić information content (AvgIpc) is 3.12. The normalized spacial score (nSPS) is 15.4. The molecule has 6 nitrogen and oxygen atoms in total. The number of hydrogen-bond acceptors (Lipinski definition) is 4. The molecule has 0 radical (unpaired) electrons. The van der Waals surface area contributed by atoms with Gasteiger partial charge >= 0.3 is 0 Å². The molecule has 170 valence electrons. The van der Waals surface area contributed by atoms with E-state index in [1.807, 2.05) is 36.4 Å². The molecule has 1 aromatic heterocycles. The number of ether oxygens (including phenoxy) is 2. The molecular formula is C26H33N3O3. The highest BCUT2D eigenvalue weighted by Gasteiger charge is 2.30. The minimum atomic E-state index is -0.385. The molecule has 32 heavy (non-hydrogen) atoms. The van der Waals surface area contributed by atoms with Gasteiger partial charge in [-0.15, -0.1) is 0 Å². The van der Waals surface area contributed by atoms with Gasteiger partial charge < -0.3 is 24.7 Å². The monoisotopic (exact) mass is 435 g/mol. The van der Waals surface area contributed by atoms with Crippen molar-refractivity contribution in [1.29, 1.82) is 0 Å². The Hall–Kier alpha value is -2.99. The highest BCUT2D eigenvalue weighted by molar-refractivity contribution is 6.01. The van der Waals surface area contributed by atoms with Gasteiger partial charge in [-0.1, -0.05) is 12.1 Å². The second-order valence-electron chi connectivity index (χ2n) is 8.85. The fraction of sp³-hybridized carbons (Fsp3) is 0.423. The largest absolute Gasteiger partial charge is 0.497 e. The van der Waals surface area contributed by atoms with Gasteiger partial charge in [0.2, 0.25) is 0 Å². The van der Waals surface area contributed by atoms with E-state index in [0.29, 0.717) is 24.2 Å². The first-order chi connectivity index (χ1) is 15.4. The number of fused-ring (bicyclic) bond motifs is 1. The van der Waals surface area contributed by atoms with Gasteiger partial charge in [0.05, 0.1) is 19.7 Å². The number of nitrogens with two attached hydrogens (primary N) is 1. The first-order valence-electron chi connectivity index (χ1n) is 11.3. The summed E-state index contributed by atoms with van der Waals surface area (Å²) in [4.78, 5) is 15.3. The number of carbonyl (C=O) groups excluding carboxylic acids is 1. The molecule has 0 saturated carbocycles. The van der Waals surface area contributed by atoms with Crippen molar-refractivity contribution >= 4 is 16.8 Å². The van der Waals surface area contributed by atoms with Crippen LogP contribution in [-0.4, -0.2) is 48.7 Å². The van der Waals surface area contributed by atoms with Crippen LogP contribution in [0.1, 0.15) is 54.2 Å². The fourth-order valence-electron chi connectivity index (χ4n) is 4.98. The Bertz CT molecular complexity index is 1110. The van der Waals surface area contributed by atoms with Crippen molar-refractivity contribution in [3.8, 4) is 11.5 Å². The number of primary amides is 1. The van der Waals surface area contributed by atoms with Crippen molar-refractivity contribution in [2.75, 3.05) is 27.3 Å². The molecule has 1 aliphatic heterocycles. The zero-order chi connectivity index (χ0) is 22.8. The molecular weight excluding hydrogens is 402 g/mol. The topological polar surface area (TPSA) is 69.7 Å². The summed E-state index contributed by atoms with van der Waals surface area (Å²) < 4.78 is 13.0. The molecule has 0 spiro atoms. The smallest absolute Gasteiger partial charge is 0.265 e. The van der Waals surface area contributed by atoms with E-state index < -0.39 is 0 Å². The van der Waals surface area contributed by atoms with Crippen LogP contribution in [-0.2, 0) is 6.54 Å². The highest BCUT2D eigenvalue weighted by atomic mass is 16.5. The fourth-order valence-corrected chi connectivity index (χ4v) is 4.98. The number of amides is 1. The number of rotatable bonds is 7. The summed E-state index contributed by atoms with van der Waals surface area (Å²) in [5.74, 6) is 1.47. The van der Waals surface area contributed by atoms with Crippen LogP contribution in [0, 0.1) is 0 Å². The predicted octanol–water partition coefficient (Wildman–Crippen LogP) is 4.39. The molecule has 1 amide bonds. The van der Waals surface area contributed by atoms with E-state index in [-0.39, 0.29) is 5.91 Å². The minimum Gasteiger partial charge on any atom is -0.497 e. The quantitative estimate of drug-likeness (QED) is 0.597. The van der Waals surface area contributed by atoms with E-state index in [1.54, 1.807) is 14.2 Å². The molecule has 0 bridgehead atoms. The summed E-state index contributed by atoms with van der Waals surface area (Å²) in [6.07, 6.45) is 2.03. The molecule has 2 N–H and O–H groups in total. The van der Waals surface area contributed by atoms with E-state index >= 15 is 0 Å². The van der Waals surface area contributed by atoms with E-state index in [9.17, 15) is 4.79 Å². The van der Waals surface area contributed by atoms with Gasteiger partial charge in [-0.25, -0.2) is 0 Å². The van der Waals surface area contributed by atoms with Crippen molar-refractivity contribution in [3.63, 3.8) is 0 Å². The van der Waals surface area contributed by atoms with Crippen LogP contribution < -0.4 is 15.2 Å². The summed E-state index contributed by atoms with van der Waals surface area (Å²) in [6.45, 7) is 7.06. The maximum absolute atomic E-state index is 12.8. The molecule has 1 saturated heterocycles. The van der Waals surface area contributed by atoms with Crippen molar-refractivity contribution in [2.24, 2.45) is 5.73 Å². The highest BCUT2D eigenvalue weighted by Crippen LogP contribution is 2.39. The van der Waals surface area contributed by atoms with Gasteiger partial charge in [-0.05, 0) is 81.1 Å². The van der Waals surface area contributed by atoms with Crippen LogP contribution in [0.15, 0.2) is 42.5 Å². The number of hydrogen-bond donors (Lipinski definition) is 1. The summed E-state index contributed by atoms with van der Waals surface area (Å²) in [5, 5.41) is 1.09. The maximum atomic E-state index is 12.8. The lowest BCUT2D eigenvalue weighted by Crippen LogP contribution is -2.38. The number of aromatic nitrogens is 1. The Balaban J connectivity index is 1.84. The van der Waals surface area contributed by atoms with Crippen molar-refractivity contribution < 1.29 is 14.3 Å². The van der Waals surface area contributed by atoms with Crippen molar-refractivity contribution in [1.82, 2.24) is 9.47 Å². The van der Waals surface area contributed by atoms with Crippen LogP contribution in [0.4, 0.5) is 0 Å². The van der Waals surface area contributed by atoms with E-state index in [1.165, 1.54) is 0 Å². The Morgan fingerprint density at radius 1 is 1.06 bits per heavy atom. The van der Waals surface area contributed by atoms with Crippen LogP contribution in [0.2, 0.25) is 0 Å². The zero-order valence-electron chi connectivity index (χ0n) is 19.4. The third-order valence-corrected chi connectivity index (χ3v) is 6.69. The lowest BCUT2D eigenvalue weighted by atomic mass is 9.86. The second kappa shape index (κ2) is 9.25. The van der Waals surface area contributed by atoms with Crippen molar-refractivity contribution in [2.45, 2.75) is 45.2 Å². The number of piperidine rings is 1. The molecule has 0 unspecified atom stereocenters. The molecule has 4 rings (SSSR count). The van der Waals surface area contributed by atoms with Crippen LogP contribution in [0.25, 0.3) is 10.9 Å². The zero-order valence-corrected chi connectivity index (χ0v) is 19.4. The van der Waals surface area contributed by atoms with E-state index in [0.717, 1.165) is 59.5 Å². The van der Waals surface area contributed by atoms with Crippen molar-refractivity contribution in [3.05, 3.63) is 59.3 Å². The van der Waals surface area contributed by atoms with Crippen LogP contribution in [0.5, 0.6) is 11.5 Å². The standard InChI is InChI=1S/C26H33N3O3/c1-17(2)28-12-10-19(11-13-28)24-22-9-8-21(32-4)15-23(22)29(25(24)26(27)30)16-18-6-5-7-20(14-18)31-3/h5-9,14-15,17,19H,10-13,16H2,1-4H3,(H2,27,30). The summed E-state index contributed by atoms with van der Waals surface area (Å²) in [6, 6.07) is 14.5. The maximum Gasteiger partial charge on any atom is 0.265 e. The van der Waals surface area contributed by atoms with E-state index in [2.05, 4.69) is 29.4 Å². The average molecular weight is 436 g/mol. The van der Waals surface area contributed by atoms with Crippen LogP contribution >= 0.6 is 0 Å². The van der Waals surface area contributed by atoms with Gasteiger partial charge in [-0.3, -0.25) is 4.79 Å². The van der Waals surface area contributed by atoms with Gasteiger partial charge in [0.25, 0.3) is 5.91 Å². The number of nitrogens with zero attached hydrogens (tertiary/aromatic N) is 2. The number of carbonyl (C=O) groups is 1. The summed E-state index contributed by atoms with van der Waals surface area (Å²) >= 11 is 0. The summed E-state index contributed by atoms with van der Waals surface area (Å²) in [7, 11) is 3.32. The SMILES string of the molecule is COc1cccc(Cn2c(C(N)=O)c(C3CCN(C(C)C)CC3)c3ccc(OC)cc32)c1. The number of likely N-dealkylation sites (tertiary alicyclic amines) is 1. The lowest BCUT2D eigenvalue weighted by molar-refractivity contribution is 0.0989. The molecule has 1 aliphatic rings. The Labute approximate surface area is 189 Å². The molecule has 3 aromatic rings. The summed E-state index contributed by atoms with van der Waals surface area (Å²) in [5.41, 5.74) is 9.73. The van der Waals surface area contributed by atoms with Gasteiger partial charge in [0, 0.05) is 24.0 Å². The van der Waals surface area contributed by atoms with Gasteiger partial charge in [0.1, 0.15) is 17.2 Å². The predicted molar refractivity (Wildman–Crippen MR) is 128 cm³/mol. The third kappa shape index (κ3) is 4.19. The minimum absolute atomic E-state index is 0.301. The molecule has 0 atom stereocenters. The van der Waals surface area contributed by atoms with Crippen LogP contribution in [0.3, 0.4) is 0 Å². The Morgan fingerprint density at radius 2 is 1.75 bits per heavy atom. The number of methoxy groups -OCH3 is 2. The molecule has 2 aromatic carbocycles. The van der Waals surface area contributed by atoms with Gasteiger partial charge in [0.15, 0.2) is 0 Å². The second-order valence-corrected chi connectivity index (χ2v) is 8.85. The number of benzene rings is 2. The first-order valence-corrected chi connectivity index (χ1v) is 11.3.